The molecule has 1 atom stereocenters. The minimum atomic E-state index is -0.793. The van der Waals surface area contributed by atoms with Crippen LogP contribution in [-0.4, -0.2) is 31.7 Å². The lowest BCUT2D eigenvalue weighted by Gasteiger charge is -2.22. The first-order valence-corrected chi connectivity index (χ1v) is 8.62. The lowest BCUT2D eigenvalue weighted by molar-refractivity contribution is -0.123. The summed E-state index contributed by atoms with van der Waals surface area (Å²) in [6.45, 7) is 1.82. The topological polar surface area (TPSA) is 96.5 Å². The number of benzene rings is 1. The predicted octanol–water partition coefficient (Wildman–Crippen LogP) is 1.66. The van der Waals surface area contributed by atoms with E-state index >= 15 is 0 Å². The SMILES string of the molecule is CC(C#N)(NC(=O)Cn1nnnc1CCCc1ccccc1)C1CC1. The first kappa shape index (κ1) is 17.1. The third-order valence-electron chi connectivity index (χ3n) is 4.63. The zero-order chi connectivity index (χ0) is 17.7. The molecule has 25 heavy (non-hydrogen) atoms. The fraction of sp³-hybridized carbons (Fsp3) is 0.500. The van der Waals surface area contributed by atoms with Crippen molar-refractivity contribution in [3.63, 3.8) is 0 Å². The molecule has 0 saturated heterocycles. The second-order valence-corrected chi connectivity index (χ2v) is 6.73. The first-order valence-electron chi connectivity index (χ1n) is 8.62. The molecule has 130 valence electrons. The monoisotopic (exact) mass is 338 g/mol. The lowest BCUT2D eigenvalue weighted by atomic mass is 9.98. The van der Waals surface area contributed by atoms with Crippen LogP contribution in [0.1, 0.15) is 37.6 Å². The molecule has 1 aromatic heterocycles. The van der Waals surface area contributed by atoms with E-state index in [1.807, 2.05) is 18.2 Å². The Hall–Kier alpha value is -2.75. The van der Waals surface area contributed by atoms with Crippen LogP contribution >= 0.6 is 0 Å². The molecule has 7 heteroatoms. The number of nitrogens with zero attached hydrogens (tertiary/aromatic N) is 5. The molecule has 1 aliphatic carbocycles. The Morgan fingerprint density at radius 3 is 2.80 bits per heavy atom. The summed E-state index contributed by atoms with van der Waals surface area (Å²) in [4.78, 5) is 12.3. The van der Waals surface area contributed by atoms with Crippen LogP contribution in [0.25, 0.3) is 0 Å². The van der Waals surface area contributed by atoms with Gasteiger partial charge < -0.3 is 5.32 Å². The molecule has 7 nitrogen and oxygen atoms in total. The van der Waals surface area contributed by atoms with E-state index in [4.69, 9.17) is 0 Å². The van der Waals surface area contributed by atoms with Gasteiger partial charge in [0.05, 0.1) is 6.07 Å². The molecular formula is C18H22N6O. The lowest BCUT2D eigenvalue weighted by Crippen LogP contribution is -2.48. The Bertz CT molecular complexity index is 761. The maximum Gasteiger partial charge on any atom is 0.243 e. The predicted molar refractivity (Wildman–Crippen MR) is 91.2 cm³/mol. The van der Waals surface area contributed by atoms with E-state index in [1.54, 1.807) is 6.92 Å². The average molecular weight is 338 g/mol. The van der Waals surface area contributed by atoms with Crippen molar-refractivity contribution in [2.24, 2.45) is 5.92 Å². The Morgan fingerprint density at radius 1 is 1.36 bits per heavy atom. The normalized spacial score (nSPS) is 16.0. The van der Waals surface area contributed by atoms with E-state index in [-0.39, 0.29) is 18.4 Å². The van der Waals surface area contributed by atoms with Crippen molar-refractivity contribution in [3.8, 4) is 6.07 Å². The fourth-order valence-corrected chi connectivity index (χ4v) is 2.97. The zero-order valence-corrected chi connectivity index (χ0v) is 14.4. The van der Waals surface area contributed by atoms with Crippen molar-refractivity contribution in [1.29, 1.82) is 5.26 Å². The molecule has 0 radical (unpaired) electrons. The Balaban J connectivity index is 1.53. The molecule has 1 N–H and O–H groups in total. The molecule has 0 spiro atoms. The molecule has 1 aromatic carbocycles. The molecule has 3 rings (SSSR count). The minimum absolute atomic E-state index is 0.0393. The number of carbonyl (C=O) groups is 1. The molecule has 1 amide bonds. The second kappa shape index (κ2) is 7.43. The number of aromatic nitrogens is 4. The first-order chi connectivity index (χ1) is 12.1. The summed E-state index contributed by atoms with van der Waals surface area (Å²) in [7, 11) is 0. The Kier molecular flexibility index (Phi) is 5.08. The van der Waals surface area contributed by atoms with Crippen LogP contribution in [-0.2, 0) is 24.2 Å². The second-order valence-electron chi connectivity index (χ2n) is 6.73. The zero-order valence-electron chi connectivity index (χ0n) is 14.4. The van der Waals surface area contributed by atoms with Crippen LogP contribution in [0, 0.1) is 17.2 Å². The maximum atomic E-state index is 12.3. The van der Waals surface area contributed by atoms with Crippen molar-refractivity contribution in [3.05, 3.63) is 41.7 Å². The summed E-state index contributed by atoms with van der Waals surface area (Å²) >= 11 is 0. The molecule has 1 aliphatic rings. The van der Waals surface area contributed by atoms with Gasteiger partial charge in [0.25, 0.3) is 0 Å². The van der Waals surface area contributed by atoms with Gasteiger partial charge in [-0.1, -0.05) is 30.3 Å². The van der Waals surface area contributed by atoms with Crippen LogP contribution in [0.5, 0.6) is 0 Å². The van der Waals surface area contributed by atoms with Gasteiger partial charge in [-0.15, -0.1) is 5.10 Å². The molecule has 1 fully saturated rings. The number of rotatable bonds is 8. The third kappa shape index (κ3) is 4.41. The van der Waals surface area contributed by atoms with Gasteiger partial charge in [-0.05, 0) is 54.5 Å². The number of hydrogen-bond donors (Lipinski definition) is 1. The number of nitrogens with one attached hydrogen (secondary N) is 1. The third-order valence-corrected chi connectivity index (χ3v) is 4.63. The van der Waals surface area contributed by atoms with E-state index in [0.717, 1.165) is 25.7 Å². The number of tetrazole rings is 1. The fourth-order valence-electron chi connectivity index (χ4n) is 2.97. The van der Waals surface area contributed by atoms with Crippen LogP contribution in [0.15, 0.2) is 30.3 Å². The number of aryl methyl sites for hydroxylation is 2. The summed E-state index contributed by atoms with van der Waals surface area (Å²) in [5.74, 6) is 0.712. The highest BCUT2D eigenvalue weighted by Crippen LogP contribution is 2.39. The maximum absolute atomic E-state index is 12.3. The van der Waals surface area contributed by atoms with Gasteiger partial charge in [0, 0.05) is 6.42 Å². The standard InChI is InChI=1S/C18H22N6O/c1-18(13-19,15-10-11-15)20-17(25)12-24-16(21-22-23-24)9-5-8-14-6-3-2-4-7-14/h2-4,6-7,15H,5,8-12H2,1H3,(H,20,25). The van der Waals surface area contributed by atoms with E-state index < -0.39 is 5.54 Å². The van der Waals surface area contributed by atoms with Gasteiger partial charge in [-0.2, -0.15) is 5.26 Å². The smallest absolute Gasteiger partial charge is 0.243 e. The van der Waals surface area contributed by atoms with E-state index in [2.05, 4.69) is 39.0 Å². The van der Waals surface area contributed by atoms with Gasteiger partial charge in [-0.25, -0.2) is 4.68 Å². The highest BCUT2D eigenvalue weighted by atomic mass is 16.2. The molecule has 0 bridgehead atoms. The number of hydrogen-bond acceptors (Lipinski definition) is 5. The largest absolute Gasteiger partial charge is 0.336 e. The number of nitriles is 1. The molecule has 1 saturated carbocycles. The Morgan fingerprint density at radius 2 is 2.12 bits per heavy atom. The van der Waals surface area contributed by atoms with Crippen molar-refractivity contribution in [1.82, 2.24) is 25.5 Å². The van der Waals surface area contributed by atoms with E-state index in [1.165, 1.54) is 10.2 Å². The van der Waals surface area contributed by atoms with Crippen LogP contribution in [0.4, 0.5) is 0 Å². The summed E-state index contributed by atoms with van der Waals surface area (Å²) in [5, 5.41) is 23.8. The average Bonchev–Trinajstić information content (AvgIpc) is 3.39. The summed E-state index contributed by atoms with van der Waals surface area (Å²) in [6, 6.07) is 12.5. The Labute approximate surface area is 147 Å². The van der Waals surface area contributed by atoms with Gasteiger partial charge in [0.15, 0.2) is 5.82 Å². The molecule has 2 aromatic rings. The molecular weight excluding hydrogens is 316 g/mol. The van der Waals surface area contributed by atoms with Gasteiger partial charge >= 0.3 is 0 Å². The van der Waals surface area contributed by atoms with E-state index in [9.17, 15) is 10.1 Å². The molecule has 1 heterocycles. The van der Waals surface area contributed by atoms with Crippen molar-refractivity contribution in [2.45, 2.75) is 51.1 Å². The van der Waals surface area contributed by atoms with Crippen LogP contribution in [0.3, 0.4) is 0 Å². The minimum Gasteiger partial charge on any atom is -0.336 e. The quantitative estimate of drug-likeness (QED) is 0.789. The van der Waals surface area contributed by atoms with Gasteiger partial charge in [0.1, 0.15) is 12.1 Å². The van der Waals surface area contributed by atoms with E-state index in [0.29, 0.717) is 12.2 Å². The van der Waals surface area contributed by atoms with Gasteiger partial charge in [-0.3, -0.25) is 4.79 Å². The van der Waals surface area contributed by atoms with Crippen molar-refractivity contribution in [2.75, 3.05) is 0 Å². The summed E-state index contributed by atoms with van der Waals surface area (Å²) in [6.07, 6.45) is 4.52. The number of amides is 1. The van der Waals surface area contributed by atoms with Crippen molar-refractivity contribution < 1.29 is 4.79 Å². The van der Waals surface area contributed by atoms with Crippen molar-refractivity contribution >= 4 is 5.91 Å². The number of carbonyl (C=O) groups excluding carboxylic acids is 1. The highest BCUT2D eigenvalue weighted by molar-refractivity contribution is 5.77. The summed E-state index contributed by atoms with van der Waals surface area (Å²) in [5.41, 5.74) is 0.479. The van der Waals surface area contributed by atoms with Crippen LogP contribution in [0.2, 0.25) is 0 Å². The highest BCUT2D eigenvalue weighted by Gasteiger charge is 2.43. The summed E-state index contributed by atoms with van der Waals surface area (Å²) < 4.78 is 1.52. The van der Waals surface area contributed by atoms with Gasteiger partial charge in [0.2, 0.25) is 5.91 Å². The molecule has 1 unspecified atom stereocenters. The molecule has 0 aliphatic heterocycles. The van der Waals surface area contributed by atoms with Crippen LogP contribution < -0.4 is 5.32 Å².